The molecule has 0 aromatic heterocycles. The fourth-order valence-electron chi connectivity index (χ4n) is 1.96. The minimum Gasteiger partial charge on any atom is -0.465 e. The third kappa shape index (κ3) is 7.53. The van der Waals surface area contributed by atoms with E-state index in [4.69, 9.17) is 9.05 Å². The smallest absolute Gasteiger partial charge is 0.337 e. The molecule has 0 fully saturated rings. The molecule has 5 nitrogen and oxygen atoms in total. The van der Waals surface area contributed by atoms with Crippen molar-refractivity contribution in [3.05, 3.63) is 29.8 Å². The van der Waals surface area contributed by atoms with Crippen LogP contribution in [0.2, 0.25) is 0 Å². The number of ether oxygens (including phenoxy) is 1. The Bertz CT molecular complexity index is 508. The minimum atomic E-state index is -2.91. The summed E-state index contributed by atoms with van der Waals surface area (Å²) in [5.74, 6) is 0.583. The number of carbonyl (C=O) groups is 1. The summed E-state index contributed by atoms with van der Waals surface area (Å²) in [6, 6.07) is 7.32. The number of rotatable bonds is 11. The molecule has 0 atom stereocenters. The molecular weight excluding hydrogens is 335 g/mol. The van der Waals surface area contributed by atoms with Crippen molar-refractivity contribution in [3.63, 3.8) is 0 Å². The highest BCUT2D eigenvalue weighted by atomic mass is 32.2. The summed E-state index contributed by atoms with van der Waals surface area (Å²) in [4.78, 5) is 12.4. The number of unbranched alkanes of at least 4 members (excludes halogenated alkanes) is 1. The van der Waals surface area contributed by atoms with Gasteiger partial charge in [0.15, 0.2) is 0 Å². The largest absolute Gasteiger partial charge is 0.465 e. The van der Waals surface area contributed by atoms with Gasteiger partial charge in [-0.05, 0) is 56.7 Å². The lowest BCUT2D eigenvalue weighted by Gasteiger charge is -2.16. The van der Waals surface area contributed by atoms with Gasteiger partial charge in [-0.15, -0.1) is 11.8 Å². The van der Waals surface area contributed by atoms with Crippen LogP contribution in [0.15, 0.2) is 29.2 Å². The molecule has 1 rings (SSSR count). The highest BCUT2D eigenvalue weighted by molar-refractivity contribution is 7.99. The molecule has 0 saturated heterocycles. The van der Waals surface area contributed by atoms with Gasteiger partial charge < -0.3 is 13.8 Å². The lowest BCUT2D eigenvalue weighted by Crippen LogP contribution is -2.01. The fourth-order valence-corrected chi connectivity index (χ4v) is 4.61. The average Bonchev–Trinajstić information content (AvgIpc) is 2.55. The molecule has 0 amide bonds. The number of esters is 1. The van der Waals surface area contributed by atoms with Crippen LogP contribution in [-0.2, 0) is 18.3 Å². The van der Waals surface area contributed by atoms with Gasteiger partial charge >= 0.3 is 13.6 Å². The summed E-state index contributed by atoms with van der Waals surface area (Å²) in [5.41, 5.74) is 0.547. The summed E-state index contributed by atoms with van der Waals surface area (Å²) >= 11 is 1.70. The first-order valence-electron chi connectivity index (χ1n) is 7.74. The van der Waals surface area contributed by atoms with Crippen LogP contribution in [-0.4, -0.2) is 38.2 Å². The molecule has 23 heavy (non-hydrogen) atoms. The summed E-state index contributed by atoms with van der Waals surface area (Å²) in [6.07, 6.45) is 2.18. The first-order chi connectivity index (χ1) is 11.0. The Labute approximate surface area is 142 Å². The quantitative estimate of drug-likeness (QED) is 0.248. The van der Waals surface area contributed by atoms with E-state index in [1.165, 1.54) is 7.11 Å². The molecule has 0 saturated carbocycles. The van der Waals surface area contributed by atoms with Crippen molar-refractivity contribution in [3.8, 4) is 0 Å². The number of hydrogen-bond acceptors (Lipinski definition) is 6. The van der Waals surface area contributed by atoms with E-state index in [9.17, 15) is 9.36 Å². The zero-order valence-electron chi connectivity index (χ0n) is 13.9. The van der Waals surface area contributed by atoms with Crippen LogP contribution in [0.5, 0.6) is 0 Å². The molecule has 0 aliphatic carbocycles. The predicted octanol–water partition coefficient (Wildman–Crippen LogP) is 4.61. The van der Waals surface area contributed by atoms with Gasteiger partial charge in [-0.25, -0.2) is 4.79 Å². The summed E-state index contributed by atoms with van der Waals surface area (Å²) in [7, 11) is -1.54. The molecule has 0 aliphatic heterocycles. The second-order valence-corrected chi connectivity index (χ2v) is 8.10. The second-order valence-electron chi connectivity index (χ2n) is 4.74. The Hall–Kier alpha value is -0.810. The molecular formula is C16H25O5PS. The van der Waals surface area contributed by atoms with Gasteiger partial charge in [-0.2, -0.15) is 0 Å². The number of thioether (sulfide) groups is 1. The van der Waals surface area contributed by atoms with E-state index in [1.54, 1.807) is 23.9 Å². The molecule has 0 unspecified atom stereocenters. The standard InChI is InChI=1S/C16H25O5PS/c1-4-20-22(18,21-5-2)12-6-7-13-23-15-10-8-14(9-11-15)16(17)19-3/h8-11H,4-7,12-13H2,1-3H3. The molecule has 1 aromatic rings. The maximum atomic E-state index is 12.3. The summed E-state index contributed by atoms with van der Waals surface area (Å²) < 4.78 is 27.5. The zero-order chi connectivity index (χ0) is 17.1. The Morgan fingerprint density at radius 2 is 1.70 bits per heavy atom. The average molecular weight is 360 g/mol. The zero-order valence-corrected chi connectivity index (χ0v) is 15.7. The van der Waals surface area contributed by atoms with E-state index < -0.39 is 7.60 Å². The van der Waals surface area contributed by atoms with Gasteiger partial charge in [0, 0.05) is 4.90 Å². The van der Waals surface area contributed by atoms with E-state index in [0.717, 1.165) is 23.5 Å². The lowest BCUT2D eigenvalue weighted by molar-refractivity contribution is 0.0600. The Morgan fingerprint density at radius 1 is 1.09 bits per heavy atom. The third-order valence-electron chi connectivity index (χ3n) is 3.02. The maximum absolute atomic E-state index is 12.3. The van der Waals surface area contributed by atoms with Crippen molar-refractivity contribution in [2.24, 2.45) is 0 Å². The Morgan fingerprint density at radius 3 is 2.22 bits per heavy atom. The lowest BCUT2D eigenvalue weighted by atomic mass is 10.2. The monoisotopic (exact) mass is 360 g/mol. The molecule has 0 spiro atoms. The van der Waals surface area contributed by atoms with Crippen LogP contribution in [0.3, 0.4) is 0 Å². The highest BCUT2D eigenvalue weighted by Gasteiger charge is 2.22. The Balaban J connectivity index is 2.31. The molecule has 0 heterocycles. The molecule has 0 radical (unpaired) electrons. The highest BCUT2D eigenvalue weighted by Crippen LogP contribution is 2.48. The SMILES string of the molecule is CCOP(=O)(CCCCSc1ccc(C(=O)OC)cc1)OCC. The third-order valence-corrected chi connectivity index (χ3v) is 6.29. The van der Waals surface area contributed by atoms with Gasteiger partial charge in [0.2, 0.25) is 0 Å². The van der Waals surface area contributed by atoms with Crippen molar-refractivity contribution >= 4 is 25.3 Å². The van der Waals surface area contributed by atoms with Crippen molar-refractivity contribution in [2.45, 2.75) is 31.6 Å². The molecule has 7 heteroatoms. The molecule has 1 aromatic carbocycles. The maximum Gasteiger partial charge on any atom is 0.337 e. The summed E-state index contributed by atoms with van der Waals surface area (Å²) in [6.45, 7) is 4.44. The van der Waals surface area contributed by atoms with E-state index in [-0.39, 0.29) is 5.97 Å². The topological polar surface area (TPSA) is 61.8 Å². The van der Waals surface area contributed by atoms with E-state index in [0.29, 0.717) is 24.9 Å². The number of benzene rings is 1. The minimum absolute atomic E-state index is 0.329. The van der Waals surface area contributed by atoms with Crippen molar-refractivity contribution in [1.82, 2.24) is 0 Å². The molecule has 130 valence electrons. The van der Waals surface area contributed by atoms with Crippen LogP contribution >= 0.6 is 19.4 Å². The van der Waals surface area contributed by atoms with Gasteiger partial charge in [0.1, 0.15) is 0 Å². The van der Waals surface area contributed by atoms with Crippen LogP contribution < -0.4 is 0 Å². The van der Waals surface area contributed by atoms with E-state index >= 15 is 0 Å². The predicted molar refractivity (Wildman–Crippen MR) is 93.5 cm³/mol. The van der Waals surface area contributed by atoms with Crippen LogP contribution in [0, 0.1) is 0 Å². The second kappa shape index (κ2) is 10.9. The number of hydrogen-bond donors (Lipinski definition) is 0. The van der Waals surface area contributed by atoms with E-state index in [1.807, 2.05) is 26.0 Å². The van der Waals surface area contributed by atoms with Crippen molar-refractivity contribution in [2.75, 3.05) is 32.2 Å². The Kier molecular flexibility index (Phi) is 9.56. The first-order valence-corrected chi connectivity index (χ1v) is 10.4. The van der Waals surface area contributed by atoms with E-state index in [2.05, 4.69) is 4.74 Å². The van der Waals surface area contributed by atoms with Gasteiger partial charge in [0.05, 0.1) is 32.0 Å². The van der Waals surface area contributed by atoms with Crippen molar-refractivity contribution < 1.29 is 23.1 Å². The summed E-state index contributed by atoms with van der Waals surface area (Å²) in [5, 5.41) is 0. The first kappa shape index (κ1) is 20.2. The van der Waals surface area contributed by atoms with Gasteiger partial charge in [-0.1, -0.05) is 0 Å². The number of methoxy groups -OCH3 is 1. The van der Waals surface area contributed by atoms with Crippen LogP contribution in [0.1, 0.15) is 37.0 Å². The van der Waals surface area contributed by atoms with Crippen LogP contribution in [0.25, 0.3) is 0 Å². The van der Waals surface area contributed by atoms with Gasteiger partial charge in [-0.3, -0.25) is 4.57 Å². The molecule has 0 aliphatic rings. The normalized spacial score (nSPS) is 11.4. The van der Waals surface area contributed by atoms with Gasteiger partial charge in [0.25, 0.3) is 0 Å². The molecule has 0 bridgehead atoms. The molecule has 0 N–H and O–H groups in total. The number of carbonyl (C=O) groups excluding carboxylic acids is 1. The van der Waals surface area contributed by atoms with Crippen LogP contribution in [0.4, 0.5) is 0 Å². The van der Waals surface area contributed by atoms with Crippen molar-refractivity contribution in [1.29, 1.82) is 0 Å². The fraction of sp³-hybridized carbons (Fsp3) is 0.562.